The lowest BCUT2D eigenvalue weighted by Gasteiger charge is -2.37. The first-order valence-corrected chi connectivity index (χ1v) is 6.46. The van der Waals surface area contributed by atoms with Gasteiger partial charge in [-0.1, -0.05) is 0 Å². The van der Waals surface area contributed by atoms with Crippen molar-refractivity contribution in [1.29, 1.82) is 0 Å². The van der Waals surface area contributed by atoms with Gasteiger partial charge in [-0.15, -0.1) is 0 Å². The second-order valence-corrected chi connectivity index (χ2v) is 5.11. The van der Waals surface area contributed by atoms with E-state index in [0.717, 1.165) is 25.9 Å². The number of furan rings is 1. The molecule has 0 bridgehead atoms. The van der Waals surface area contributed by atoms with Crippen LogP contribution in [0.25, 0.3) is 0 Å². The highest BCUT2D eigenvalue weighted by Gasteiger charge is 2.23. The first kappa shape index (κ1) is 14.5. The van der Waals surface area contributed by atoms with Crippen molar-refractivity contribution in [2.45, 2.75) is 6.04 Å². The lowest BCUT2D eigenvalue weighted by molar-refractivity contribution is 0.0695. The summed E-state index contributed by atoms with van der Waals surface area (Å²) < 4.78 is 4.96. The Morgan fingerprint density at radius 3 is 2.85 bits per heavy atom. The van der Waals surface area contributed by atoms with Gasteiger partial charge >= 0.3 is 5.97 Å². The Bertz CT molecular complexity index is 500. The minimum atomic E-state index is -1.11. The van der Waals surface area contributed by atoms with E-state index < -0.39 is 5.97 Å². The molecule has 1 saturated heterocycles. The smallest absolute Gasteiger partial charge is 0.338 e. The molecule has 2 heterocycles. The topological polar surface area (TPSA) is 86.0 Å². The van der Waals surface area contributed by atoms with Gasteiger partial charge in [0, 0.05) is 38.3 Å². The van der Waals surface area contributed by atoms with Crippen LogP contribution in [0.15, 0.2) is 16.7 Å². The van der Waals surface area contributed by atoms with Crippen molar-refractivity contribution in [3.05, 3.63) is 23.7 Å². The third-order valence-electron chi connectivity index (χ3n) is 3.55. The van der Waals surface area contributed by atoms with Gasteiger partial charge in [0.25, 0.3) is 5.91 Å². The van der Waals surface area contributed by atoms with Crippen molar-refractivity contribution in [3.63, 3.8) is 0 Å². The number of carboxylic acids is 1. The summed E-state index contributed by atoms with van der Waals surface area (Å²) in [5.41, 5.74) is -0.0235. The minimum absolute atomic E-state index is 0.0224. The molecule has 1 aromatic heterocycles. The van der Waals surface area contributed by atoms with Crippen LogP contribution in [0.4, 0.5) is 0 Å². The second-order valence-electron chi connectivity index (χ2n) is 5.11. The normalized spacial score (nSPS) is 20.8. The van der Waals surface area contributed by atoms with Crippen LogP contribution >= 0.6 is 0 Å². The van der Waals surface area contributed by atoms with E-state index in [-0.39, 0.29) is 23.3 Å². The van der Waals surface area contributed by atoms with Crippen molar-refractivity contribution in [2.75, 3.05) is 40.3 Å². The molecule has 20 heavy (non-hydrogen) atoms. The van der Waals surface area contributed by atoms with Gasteiger partial charge in [0.2, 0.25) is 0 Å². The van der Waals surface area contributed by atoms with Crippen LogP contribution in [0.1, 0.15) is 20.9 Å². The number of aromatic carboxylic acids is 1. The summed E-state index contributed by atoms with van der Waals surface area (Å²) in [7, 11) is 4.08. The lowest BCUT2D eigenvalue weighted by Crippen LogP contribution is -2.54. The standard InChI is InChI=1S/C13H19N3O4/c1-15-3-4-16(2)10(7-15)6-14-12(17)11-5-9(8-20-11)13(18)19/h5,8,10H,3-4,6-7H2,1-2H3,(H,14,17)(H,18,19). The van der Waals surface area contributed by atoms with Crippen molar-refractivity contribution < 1.29 is 19.1 Å². The van der Waals surface area contributed by atoms with Crippen LogP contribution in [-0.2, 0) is 0 Å². The molecule has 7 nitrogen and oxygen atoms in total. The van der Waals surface area contributed by atoms with E-state index in [1.807, 2.05) is 14.1 Å². The molecule has 7 heteroatoms. The summed E-state index contributed by atoms with van der Waals surface area (Å²) in [5.74, 6) is -1.48. The SMILES string of the molecule is CN1CCN(C)C(CNC(=O)c2cc(C(=O)O)co2)C1. The zero-order valence-electron chi connectivity index (χ0n) is 11.6. The summed E-state index contributed by atoms with van der Waals surface area (Å²) in [4.78, 5) is 27.0. The maximum absolute atomic E-state index is 11.9. The molecule has 0 aromatic carbocycles. The third kappa shape index (κ3) is 3.37. The maximum Gasteiger partial charge on any atom is 0.338 e. The molecule has 110 valence electrons. The van der Waals surface area contributed by atoms with E-state index in [1.165, 1.54) is 6.07 Å². The van der Waals surface area contributed by atoms with Gasteiger partial charge in [-0.3, -0.25) is 9.69 Å². The molecule has 1 aliphatic rings. The van der Waals surface area contributed by atoms with Gasteiger partial charge < -0.3 is 19.7 Å². The molecule has 2 N–H and O–H groups in total. The Hall–Kier alpha value is -1.86. The number of likely N-dealkylation sites (N-methyl/N-ethyl adjacent to an activating group) is 2. The molecule has 1 amide bonds. The van der Waals surface area contributed by atoms with Gasteiger partial charge in [-0.25, -0.2) is 4.79 Å². The van der Waals surface area contributed by atoms with Gasteiger partial charge in [0.1, 0.15) is 6.26 Å². The monoisotopic (exact) mass is 281 g/mol. The average molecular weight is 281 g/mol. The van der Waals surface area contributed by atoms with E-state index >= 15 is 0 Å². The Morgan fingerprint density at radius 2 is 2.20 bits per heavy atom. The lowest BCUT2D eigenvalue weighted by atomic mass is 10.2. The van der Waals surface area contributed by atoms with Crippen molar-refractivity contribution in [3.8, 4) is 0 Å². The predicted octanol–water partition coefficient (Wildman–Crippen LogP) is -0.0466. The fourth-order valence-corrected chi connectivity index (χ4v) is 2.19. The van der Waals surface area contributed by atoms with E-state index in [1.54, 1.807) is 0 Å². The molecular formula is C13H19N3O4. The second kappa shape index (κ2) is 6.06. The molecule has 1 fully saturated rings. The average Bonchev–Trinajstić information content (AvgIpc) is 2.89. The van der Waals surface area contributed by atoms with Gasteiger partial charge in [0.05, 0.1) is 5.56 Å². The van der Waals surface area contributed by atoms with E-state index in [9.17, 15) is 9.59 Å². The largest absolute Gasteiger partial charge is 0.478 e. The fourth-order valence-electron chi connectivity index (χ4n) is 2.19. The van der Waals surface area contributed by atoms with Crippen LogP contribution in [0.5, 0.6) is 0 Å². The number of rotatable bonds is 4. The number of piperazine rings is 1. The molecule has 1 unspecified atom stereocenters. The molecular weight excluding hydrogens is 262 g/mol. The summed E-state index contributed by atoms with van der Waals surface area (Å²) in [6, 6.07) is 1.47. The van der Waals surface area contributed by atoms with Crippen molar-refractivity contribution >= 4 is 11.9 Å². The van der Waals surface area contributed by atoms with E-state index in [4.69, 9.17) is 9.52 Å². The molecule has 0 radical (unpaired) electrons. The Labute approximate surface area is 117 Å². The summed E-state index contributed by atoms with van der Waals surface area (Å²) in [5, 5.41) is 11.6. The molecule has 1 aliphatic heterocycles. The molecule has 1 aromatic rings. The zero-order chi connectivity index (χ0) is 14.7. The summed E-state index contributed by atoms with van der Waals surface area (Å²) in [6.45, 7) is 3.36. The van der Waals surface area contributed by atoms with Crippen LogP contribution in [0.3, 0.4) is 0 Å². The molecule has 1 atom stereocenters. The highest BCUT2D eigenvalue weighted by molar-refractivity contribution is 5.95. The van der Waals surface area contributed by atoms with Crippen molar-refractivity contribution in [1.82, 2.24) is 15.1 Å². The van der Waals surface area contributed by atoms with Gasteiger partial charge in [-0.2, -0.15) is 0 Å². The molecule has 0 saturated carbocycles. The van der Waals surface area contributed by atoms with Crippen LogP contribution in [0, 0.1) is 0 Å². The minimum Gasteiger partial charge on any atom is -0.478 e. The number of amides is 1. The number of carboxylic acid groups (broad SMARTS) is 1. The van der Waals surface area contributed by atoms with Crippen LogP contribution < -0.4 is 5.32 Å². The summed E-state index contributed by atoms with van der Waals surface area (Å²) >= 11 is 0. The Morgan fingerprint density at radius 1 is 1.45 bits per heavy atom. The quantitative estimate of drug-likeness (QED) is 0.805. The molecule has 2 rings (SSSR count). The summed E-state index contributed by atoms with van der Waals surface area (Å²) in [6.07, 6.45) is 1.07. The van der Waals surface area contributed by atoms with Gasteiger partial charge in [-0.05, 0) is 14.1 Å². The third-order valence-corrected chi connectivity index (χ3v) is 3.55. The van der Waals surface area contributed by atoms with E-state index in [2.05, 4.69) is 15.1 Å². The predicted molar refractivity (Wildman–Crippen MR) is 71.9 cm³/mol. The zero-order valence-corrected chi connectivity index (χ0v) is 11.6. The van der Waals surface area contributed by atoms with E-state index in [0.29, 0.717) is 6.54 Å². The maximum atomic E-state index is 11.9. The fraction of sp³-hybridized carbons (Fsp3) is 0.538. The number of hydrogen-bond acceptors (Lipinski definition) is 5. The highest BCUT2D eigenvalue weighted by atomic mass is 16.4. The molecule has 0 aliphatic carbocycles. The Kier molecular flexibility index (Phi) is 4.41. The highest BCUT2D eigenvalue weighted by Crippen LogP contribution is 2.09. The number of hydrogen-bond donors (Lipinski definition) is 2. The van der Waals surface area contributed by atoms with Crippen molar-refractivity contribution in [2.24, 2.45) is 0 Å². The molecule has 0 spiro atoms. The van der Waals surface area contributed by atoms with Crippen LogP contribution in [0.2, 0.25) is 0 Å². The number of carbonyl (C=O) groups is 2. The number of carbonyl (C=O) groups excluding carboxylic acids is 1. The Balaban J connectivity index is 1.89. The number of nitrogens with zero attached hydrogens (tertiary/aromatic N) is 2. The van der Waals surface area contributed by atoms with Crippen LogP contribution in [-0.4, -0.2) is 73.1 Å². The first-order chi connectivity index (χ1) is 9.47. The number of nitrogens with one attached hydrogen (secondary N) is 1. The van der Waals surface area contributed by atoms with Gasteiger partial charge in [0.15, 0.2) is 5.76 Å². The first-order valence-electron chi connectivity index (χ1n) is 6.46.